The number of carbonyl (C=O) groups is 1. The molecule has 1 fully saturated rings. The second-order valence-electron chi connectivity index (χ2n) is 7.69. The molecule has 1 saturated carbocycles. The van der Waals surface area contributed by atoms with Crippen molar-refractivity contribution < 1.29 is 22.7 Å². The highest BCUT2D eigenvalue weighted by Gasteiger charge is 2.22. The monoisotopic (exact) mass is 453 g/mol. The van der Waals surface area contributed by atoms with E-state index in [9.17, 15) is 13.2 Å². The number of sulfonamides is 1. The summed E-state index contributed by atoms with van der Waals surface area (Å²) < 4.78 is 35.7. The van der Waals surface area contributed by atoms with Crippen molar-refractivity contribution in [1.29, 1.82) is 0 Å². The molecule has 0 bridgehead atoms. The van der Waals surface area contributed by atoms with Crippen LogP contribution in [-0.4, -0.2) is 37.2 Å². The van der Waals surface area contributed by atoms with Gasteiger partial charge in [-0.2, -0.15) is 0 Å². The Bertz CT molecular complexity index is 1190. The second-order valence-corrected chi connectivity index (χ2v) is 9.44. The summed E-state index contributed by atoms with van der Waals surface area (Å²) >= 11 is 0. The summed E-state index contributed by atoms with van der Waals surface area (Å²) in [6.07, 6.45) is 5.13. The SMILES string of the molecule is CS(=O)(=O)NC(=O)c1ccc(COc2cccc(-c3ccc(OCC4CC4)nc3)n2)cc1. The molecule has 0 atom stereocenters. The van der Waals surface area contributed by atoms with Crippen LogP contribution in [0.5, 0.6) is 11.8 Å². The molecule has 0 unspecified atom stereocenters. The summed E-state index contributed by atoms with van der Waals surface area (Å²) in [6, 6.07) is 15.7. The van der Waals surface area contributed by atoms with Crippen LogP contribution in [0.4, 0.5) is 0 Å². The van der Waals surface area contributed by atoms with Crippen molar-refractivity contribution in [3.63, 3.8) is 0 Å². The van der Waals surface area contributed by atoms with E-state index in [1.807, 2.05) is 29.0 Å². The van der Waals surface area contributed by atoms with Gasteiger partial charge in [0.05, 0.1) is 18.6 Å². The molecule has 0 aliphatic heterocycles. The number of nitrogens with one attached hydrogen (secondary N) is 1. The Morgan fingerprint density at radius 3 is 2.47 bits per heavy atom. The fraction of sp³-hybridized carbons (Fsp3) is 0.261. The van der Waals surface area contributed by atoms with E-state index in [-0.39, 0.29) is 12.2 Å². The molecule has 1 amide bonds. The van der Waals surface area contributed by atoms with Crippen molar-refractivity contribution in [3.8, 4) is 23.0 Å². The number of hydrogen-bond donors (Lipinski definition) is 1. The summed E-state index contributed by atoms with van der Waals surface area (Å²) in [5.74, 6) is 1.07. The fourth-order valence-corrected chi connectivity index (χ4v) is 3.35. The number of ether oxygens (including phenoxy) is 2. The molecule has 0 saturated heterocycles. The minimum absolute atomic E-state index is 0.247. The molecule has 1 aliphatic carbocycles. The molecule has 8 nitrogen and oxygen atoms in total. The maximum absolute atomic E-state index is 11.9. The fourth-order valence-electron chi connectivity index (χ4n) is 2.90. The Kier molecular flexibility index (Phi) is 6.36. The smallest absolute Gasteiger partial charge is 0.264 e. The van der Waals surface area contributed by atoms with Crippen LogP contribution in [0, 0.1) is 5.92 Å². The molecule has 4 rings (SSSR count). The van der Waals surface area contributed by atoms with Gasteiger partial charge in [-0.1, -0.05) is 18.2 Å². The maximum Gasteiger partial charge on any atom is 0.264 e. The zero-order valence-electron chi connectivity index (χ0n) is 17.5. The zero-order valence-corrected chi connectivity index (χ0v) is 18.3. The van der Waals surface area contributed by atoms with E-state index in [2.05, 4.69) is 9.97 Å². The molecule has 0 spiro atoms. The molecule has 2 heterocycles. The van der Waals surface area contributed by atoms with Crippen molar-refractivity contribution in [2.24, 2.45) is 5.92 Å². The van der Waals surface area contributed by atoms with Crippen molar-refractivity contribution in [2.75, 3.05) is 12.9 Å². The lowest BCUT2D eigenvalue weighted by molar-refractivity contribution is 0.0981. The topological polar surface area (TPSA) is 107 Å². The highest BCUT2D eigenvalue weighted by Crippen LogP contribution is 2.29. The van der Waals surface area contributed by atoms with Crippen LogP contribution in [0.25, 0.3) is 11.3 Å². The summed E-state index contributed by atoms with van der Waals surface area (Å²) in [5.41, 5.74) is 2.65. The number of hydrogen-bond acceptors (Lipinski definition) is 7. The summed E-state index contributed by atoms with van der Waals surface area (Å²) in [4.78, 5) is 20.7. The summed E-state index contributed by atoms with van der Waals surface area (Å²) in [5, 5.41) is 0. The molecular weight excluding hydrogens is 430 g/mol. The highest BCUT2D eigenvalue weighted by molar-refractivity contribution is 7.89. The molecule has 2 aromatic heterocycles. The molecule has 1 N–H and O–H groups in total. The van der Waals surface area contributed by atoms with E-state index >= 15 is 0 Å². The van der Waals surface area contributed by atoms with Gasteiger partial charge in [0.1, 0.15) is 6.61 Å². The number of amides is 1. The van der Waals surface area contributed by atoms with Crippen molar-refractivity contribution in [1.82, 2.24) is 14.7 Å². The number of nitrogens with zero attached hydrogens (tertiary/aromatic N) is 2. The third kappa shape index (κ3) is 6.27. The van der Waals surface area contributed by atoms with Crippen LogP contribution in [-0.2, 0) is 16.6 Å². The number of carbonyl (C=O) groups excluding carboxylic acids is 1. The molecule has 166 valence electrons. The summed E-state index contributed by atoms with van der Waals surface area (Å²) in [7, 11) is -3.61. The van der Waals surface area contributed by atoms with E-state index in [1.165, 1.54) is 12.8 Å². The quantitative estimate of drug-likeness (QED) is 0.530. The number of rotatable bonds is 9. The third-order valence-corrected chi connectivity index (χ3v) is 5.36. The van der Waals surface area contributed by atoms with Crippen LogP contribution < -0.4 is 14.2 Å². The first-order valence-corrected chi connectivity index (χ1v) is 12.0. The van der Waals surface area contributed by atoms with Crippen LogP contribution >= 0.6 is 0 Å². The standard InChI is InChI=1S/C23H23N3O5S/c1-32(28,29)26-23(27)18-9-7-17(8-10-18)15-31-22-4-2-3-20(25-22)19-11-12-21(24-13-19)30-14-16-5-6-16/h2-4,7-13,16H,5-6,14-15H2,1H3,(H,26,27). The van der Waals surface area contributed by atoms with Crippen molar-refractivity contribution in [3.05, 3.63) is 71.9 Å². The lowest BCUT2D eigenvalue weighted by atomic mass is 10.1. The Labute approximate surface area is 186 Å². The lowest BCUT2D eigenvalue weighted by Crippen LogP contribution is -2.29. The van der Waals surface area contributed by atoms with Crippen LogP contribution in [0.1, 0.15) is 28.8 Å². The van der Waals surface area contributed by atoms with E-state index in [0.717, 1.165) is 29.7 Å². The van der Waals surface area contributed by atoms with Crippen molar-refractivity contribution >= 4 is 15.9 Å². The molecule has 3 aromatic rings. The Balaban J connectivity index is 1.35. The molecule has 1 aliphatic rings. The van der Waals surface area contributed by atoms with Crippen LogP contribution in [0.2, 0.25) is 0 Å². The van der Waals surface area contributed by atoms with Gasteiger partial charge in [-0.15, -0.1) is 0 Å². The predicted molar refractivity (Wildman–Crippen MR) is 119 cm³/mol. The Hall–Kier alpha value is -3.46. The normalized spacial score (nSPS) is 13.4. The predicted octanol–water partition coefficient (Wildman–Crippen LogP) is 3.20. The van der Waals surface area contributed by atoms with Gasteiger partial charge in [-0.3, -0.25) is 4.79 Å². The molecule has 9 heteroatoms. The lowest BCUT2D eigenvalue weighted by Gasteiger charge is -2.09. The Morgan fingerprint density at radius 2 is 1.81 bits per heavy atom. The van der Waals surface area contributed by atoms with Gasteiger partial charge < -0.3 is 9.47 Å². The number of aromatic nitrogens is 2. The minimum Gasteiger partial charge on any atom is -0.477 e. The van der Waals surface area contributed by atoms with Gasteiger partial charge in [0, 0.05) is 29.5 Å². The van der Waals surface area contributed by atoms with E-state index < -0.39 is 15.9 Å². The van der Waals surface area contributed by atoms with Gasteiger partial charge in [-0.05, 0) is 48.6 Å². The largest absolute Gasteiger partial charge is 0.477 e. The van der Waals surface area contributed by atoms with Crippen LogP contribution in [0.15, 0.2) is 60.8 Å². The summed E-state index contributed by atoms with van der Waals surface area (Å²) in [6.45, 7) is 0.966. The average Bonchev–Trinajstić information content (AvgIpc) is 3.61. The average molecular weight is 454 g/mol. The van der Waals surface area contributed by atoms with Gasteiger partial charge in [0.15, 0.2) is 0 Å². The first kappa shape index (κ1) is 21.8. The van der Waals surface area contributed by atoms with Gasteiger partial charge >= 0.3 is 0 Å². The van der Waals surface area contributed by atoms with E-state index in [1.54, 1.807) is 36.5 Å². The second kappa shape index (κ2) is 9.35. The molecule has 32 heavy (non-hydrogen) atoms. The Morgan fingerprint density at radius 1 is 1.03 bits per heavy atom. The molecule has 0 radical (unpaired) electrons. The molecule has 1 aromatic carbocycles. The minimum atomic E-state index is -3.61. The van der Waals surface area contributed by atoms with Crippen molar-refractivity contribution in [2.45, 2.75) is 19.4 Å². The number of pyridine rings is 2. The number of benzene rings is 1. The maximum atomic E-state index is 11.9. The van der Waals surface area contributed by atoms with Gasteiger partial charge in [0.25, 0.3) is 5.91 Å². The molecular formula is C23H23N3O5S. The van der Waals surface area contributed by atoms with Crippen LogP contribution in [0.3, 0.4) is 0 Å². The van der Waals surface area contributed by atoms with E-state index in [0.29, 0.717) is 17.7 Å². The third-order valence-electron chi connectivity index (χ3n) is 4.80. The zero-order chi connectivity index (χ0) is 22.6. The van der Waals surface area contributed by atoms with E-state index in [4.69, 9.17) is 9.47 Å². The first-order chi connectivity index (χ1) is 15.4. The highest BCUT2D eigenvalue weighted by atomic mass is 32.2. The van der Waals surface area contributed by atoms with Gasteiger partial charge in [-0.25, -0.2) is 23.1 Å². The first-order valence-electron chi connectivity index (χ1n) is 10.2. The van der Waals surface area contributed by atoms with Gasteiger partial charge in [0.2, 0.25) is 21.8 Å².